The van der Waals surface area contributed by atoms with E-state index >= 15 is 0 Å². The smallest absolute Gasteiger partial charge is 0.231 e. The number of primary amides is 1. The second kappa shape index (κ2) is 6.71. The summed E-state index contributed by atoms with van der Waals surface area (Å²) < 4.78 is 0. The van der Waals surface area contributed by atoms with Crippen LogP contribution in [0.5, 0.6) is 0 Å². The van der Waals surface area contributed by atoms with Crippen molar-refractivity contribution in [1.82, 2.24) is 10.2 Å². The first kappa shape index (κ1) is 14.8. The molecule has 2 aliphatic rings. The number of nitrogens with two attached hydrogens (primary N) is 1. The van der Waals surface area contributed by atoms with Gasteiger partial charge in [-0.1, -0.05) is 26.7 Å². The molecule has 1 saturated heterocycles. The Morgan fingerprint density at radius 2 is 2.05 bits per heavy atom. The van der Waals surface area contributed by atoms with Crippen molar-refractivity contribution < 1.29 is 4.79 Å². The Morgan fingerprint density at radius 1 is 1.32 bits per heavy atom. The van der Waals surface area contributed by atoms with Crippen LogP contribution in [-0.2, 0) is 4.79 Å². The van der Waals surface area contributed by atoms with Crippen LogP contribution in [0.2, 0.25) is 0 Å². The molecule has 1 saturated carbocycles. The minimum absolute atomic E-state index is 0.199. The van der Waals surface area contributed by atoms with Gasteiger partial charge in [0.2, 0.25) is 5.91 Å². The molecule has 19 heavy (non-hydrogen) atoms. The van der Waals surface area contributed by atoms with E-state index in [0.29, 0.717) is 18.5 Å². The summed E-state index contributed by atoms with van der Waals surface area (Å²) in [5.41, 5.74) is 5.35. The number of hydrogen-bond acceptors (Lipinski definition) is 3. The highest BCUT2D eigenvalue weighted by atomic mass is 16.1. The summed E-state index contributed by atoms with van der Waals surface area (Å²) in [5.74, 6) is 2.18. The van der Waals surface area contributed by atoms with Gasteiger partial charge in [-0.2, -0.15) is 0 Å². The molecule has 2 fully saturated rings. The van der Waals surface area contributed by atoms with Crippen molar-refractivity contribution in [1.29, 1.82) is 0 Å². The van der Waals surface area contributed by atoms with Crippen LogP contribution in [0.4, 0.5) is 0 Å². The van der Waals surface area contributed by atoms with Gasteiger partial charge in [0.15, 0.2) is 0 Å². The van der Waals surface area contributed by atoms with Crippen molar-refractivity contribution in [3.05, 3.63) is 0 Å². The number of amides is 1. The standard InChI is InChI=1S/C15H29N3O/c1-11(2)7-17-14-6-13(5-12-3-4-12)8-18(9-14)10-15(16)19/h11-14,17H,3-10H2,1-2H3,(H2,16,19). The second-order valence-electron chi connectivity index (χ2n) is 6.94. The van der Waals surface area contributed by atoms with Gasteiger partial charge in [-0.25, -0.2) is 0 Å². The van der Waals surface area contributed by atoms with Crippen LogP contribution < -0.4 is 11.1 Å². The van der Waals surface area contributed by atoms with E-state index in [0.717, 1.165) is 31.5 Å². The monoisotopic (exact) mass is 267 g/mol. The van der Waals surface area contributed by atoms with E-state index in [2.05, 4.69) is 24.1 Å². The normalized spacial score (nSPS) is 28.8. The van der Waals surface area contributed by atoms with Crippen LogP contribution in [0.1, 0.15) is 39.5 Å². The van der Waals surface area contributed by atoms with Crippen molar-refractivity contribution >= 4 is 5.91 Å². The fourth-order valence-corrected chi connectivity index (χ4v) is 3.20. The third-order valence-corrected chi connectivity index (χ3v) is 4.17. The predicted octanol–water partition coefficient (Wildman–Crippen LogP) is 1.21. The number of nitrogens with zero attached hydrogens (tertiary/aromatic N) is 1. The van der Waals surface area contributed by atoms with Gasteiger partial charge in [-0.05, 0) is 37.1 Å². The molecule has 1 heterocycles. The average molecular weight is 267 g/mol. The van der Waals surface area contributed by atoms with Crippen molar-refractivity contribution in [2.75, 3.05) is 26.2 Å². The van der Waals surface area contributed by atoms with Gasteiger partial charge in [0.05, 0.1) is 6.54 Å². The zero-order valence-electron chi connectivity index (χ0n) is 12.4. The molecule has 4 nitrogen and oxygen atoms in total. The molecule has 2 unspecified atom stereocenters. The quantitative estimate of drug-likeness (QED) is 0.729. The highest BCUT2D eigenvalue weighted by Gasteiger charge is 2.32. The summed E-state index contributed by atoms with van der Waals surface area (Å²) in [6.07, 6.45) is 5.43. The topological polar surface area (TPSA) is 58.4 Å². The molecule has 0 spiro atoms. The lowest BCUT2D eigenvalue weighted by atomic mass is 9.89. The van der Waals surface area contributed by atoms with Crippen molar-refractivity contribution in [3.8, 4) is 0 Å². The van der Waals surface area contributed by atoms with Crippen LogP contribution in [0.15, 0.2) is 0 Å². The fourth-order valence-electron chi connectivity index (χ4n) is 3.20. The largest absolute Gasteiger partial charge is 0.369 e. The summed E-state index contributed by atoms with van der Waals surface area (Å²) in [5, 5.41) is 3.65. The number of nitrogens with one attached hydrogen (secondary N) is 1. The molecule has 0 radical (unpaired) electrons. The SMILES string of the molecule is CC(C)CNC1CC(CC2CC2)CN(CC(N)=O)C1. The third-order valence-electron chi connectivity index (χ3n) is 4.17. The summed E-state index contributed by atoms with van der Waals surface area (Å²) in [4.78, 5) is 13.4. The fraction of sp³-hybridized carbons (Fsp3) is 0.933. The van der Waals surface area contributed by atoms with Gasteiger partial charge in [-0.3, -0.25) is 9.69 Å². The zero-order valence-corrected chi connectivity index (χ0v) is 12.4. The first-order valence-electron chi connectivity index (χ1n) is 7.77. The Morgan fingerprint density at radius 3 is 2.63 bits per heavy atom. The van der Waals surface area contributed by atoms with Gasteiger partial charge in [0, 0.05) is 19.1 Å². The van der Waals surface area contributed by atoms with Crippen molar-refractivity contribution in [3.63, 3.8) is 0 Å². The number of carbonyl (C=O) groups is 1. The van der Waals surface area contributed by atoms with Crippen LogP contribution >= 0.6 is 0 Å². The molecule has 3 N–H and O–H groups in total. The molecule has 4 heteroatoms. The number of likely N-dealkylation sites (tertiary alicyclic amines) is 1. The van der Waals surface area contributed by atoms with E-state index in [4.69, 9.17) is 5.73 Å². The summed E-state index contributed by atoms with van der Waals surface area (Å²) in [7, 11) is 0. The molecular formula is C15H29N3O. The molecule has 1 amide bonds. The summed E-state index contributed by atoms with van der Waals surface area (Å²) >= 11 is 0. The number of hydrogen-bond donors (Lipinski definition) is 2. The Bertz CT molecular complexity index is 302. The Balaban J connectivity index is 1.84. The minimum Gasteiger partial charge on any atom is -0.369 e. The molecule has 0 bridgehead atoms. The molecule has 1 aliphatic heterocycles. The second-order valence-corrected chi connectivity index (χ2v) is 6.94. The Kier molecular flexibility index (Phi) is 5.22. The van der Waals surface area contributed by atoms with Crippen LogP contribution in [0.25, 0.3) is 0 Å². The third kappa shape index (κ3) is 5.49. The lowest BCUT2D eigenvalue weighted by Crippen LogP contribution is -2.51. The molecule has 0 aromatic carbocycles. The molecule has 2 atom stereocenters. The summed E-state index contributed by atoms with van der Waals surface area (Å²) in [6, 6.07) is 0.527. The van der Waals surface area contributed by atoms with E-state index in [1.165, 1.54) is 25.7 Å². The maximum Gasteiger partial charge on any atom is 0.231 e. The average Bonchev–Trinajstić information content (AvgIpc) is 3.09. The van der Waals surface area contributed by atoms with Crippen molar-refractivity contribution in [2.24, 2.45) is 23.5 Å². The number of piperidine rings is 1. The van der Waals surface area contributed by atoms with Crippen molar-refractivity contribution in [2.45, 2.75) is 45.6 Å². The highest BCUT2D eigenvalue weighted by Crippen LogP contribution is 2.37. The van der Waals surface area contributed by atoms with E-state index in [9.17, 15) is 4.79 Å². The number of rotatable bonds is 7. The van der Waals surface area contributed by atoms with Crippen LogP contribution in [-0.4, -0.2) is 43.0 Å². The Labute approximate surface area is 117 Å². The molecule has 1 aliphatic carbocycles. The van der Waals surface area contributed by atoms with Gasteiger partial charge in [0.1, 0.15) is 0 Å². The van der Waals surface area contributed by atoms with Crippen LogP contribution in [0.3, 0.4) is 0 Å². The molecule has 0 aromatic rings. The van der Waals surface area contributed by atoms with Crippen LogP contribution in [0, 0.1) is 17.8 Å². The number of carbonyl (C=O) groups excluding carboxylic acids is 1. The lowest BCUT2D eigenvalue weighted by molar-refractivity contribution is -0.119. The van der Waals surface area contributed by atoms with Gasteiger partial charge >= 0.3 is 0 Å². The highest BCUT2D eigenvalue weighted by molar-refractivity contribution is 5.75. The lowest BCUT2D eigenvalue weighted by Gasteiger charge is -2.38. The molecule has 110 valence electrons. The molecule has 2 rings (SSSR count). The maximum atomic E-state index is 11.1. The first-order chi connectivity index (χ1) is 9.02. The molecular weight excluding hydrogens is 238 g/mol. The Hall–Kier alpha value is -0.610. The summed E-state index contributed by atoms with van der Waals surface area (Å²) in [6.45, 7) is 7.97. The van der Waals surface area contributed by atoms with E-state index in [1.54, 1.807) is 0 Å². The maximum absolute atomic E-state index is 11.1. The predicted molar refractivity (Wildman–Crippen MR) is 77.7 cm³/mol. The van der Waals surface area contributed by atoms with E-state index in [1.807, 2.05) is 0 Å². The van der Waals surface area contributed by atoms with Gasteiger partial charge < -0.3 is 11.1 Å². The van der Waals surface area contributed by atoms with E-state index < -0.39 is 0 Å². The van der Waals surface area contributed by atoms with E-state index in [-0.39, 0.29) is 5.91 Å². The molecule has 0 aromatic heterocycles. The first-order valence-corrected chi connectivity index (χ1v) is 7.77. The van der Waals surface area contributed by atoms with Gasteiger partial charge in [-0.15, -0.1) is 0 Å². The van der Waals surface area contributed by atoms with Gasteiger partial charge in [0.25, 0.3) is 0 Å². The zero-order chi connectivity index (χ0) is 13.8. The minimum atomic E-state index is -0.199.